The van der Waals surface area contributed by atoms with Gasteiger partial charge in [-0.3, -0.25) is 4.79 Å². The van der Waals surface area contributed by atoms with Gasteiger partial charge in [0.2, 0.25) is 5.82 Å². The number of aromatic amines is 1. The second-order valence-corrected chi connectivity index (χ2v) is 8.25. The van der Waals surface area contributed by atoms with Crippen molar-refractivity contribution in [2.45, 2.75) is 25.2 Å². The average Bonchev–Trinajstić information content (AvgIpc) is 3.45. The molecule has 32 heavy (non-hydrogen) atoms. The van der Waals surface area contributed by atoms with Crippen LogP contribution in [-0.2, 0) is 0 Å². The number of thiazole rings is 1. The lowest BCUT2D eigenvalue weighted by Crippen LogP contribution is -2.14. The lowest BCUT2D eigenvalue weighted by Gasteiger charge is -2.22. The first kappa shape index (κ1) is 20.0. The largest absolute Gasteiger partial charge is 0.322 e. The molecule has 2 aromatic heterocycles. The van der Waals surface area contributed by atoms with Gasteiger partial charge in [0.1, 0.15) is 0 Å². The Morgan fingerprint density at radius 1 is 1.16 bits per heavy atom. The maximum Gasteiger partial charge on any atom is 0.258 e. The molecular weight excluding hydrogens is 427 g/mol. The van der Waals surface area contributed by atoms with E-state index >= 15 is 0 Å². The smallest absolute Gasteiger partial charge is 0.258 e. The van der Waals surface area contributed by atoms with Crippen LogP contribution in [0.5, 0.6) is 0 Å². The van der Waals surface area contributed by atoms with Gasteiger partial charge in [-0.05, 0) is 60.4 Å². The molecule has 1 aliphatic rings. The summed E-state index contributed by atoms with van der Waals surface area (Å²) in [6, 6.07) is 11.5. The Balaban J connectivity index is 1.31. The number of carbonyl (C=O) groups excluding carboxylic acids is 1. The minimum absolute atomic E-state index is 0.0756. The third-order valence-electron chi connectivity index (χ3n) is 5.34. The zero-order valence-corrected chi connectivity index (χ0v) is 17.6. The molecule has 1 fully saturated rings. The van der Waals surface area contributed by atoms with Crippen LogP contribution >= 0.6 is 11.3 Å². The van der Waals surface area contributed by atoms with Gasteiger partial charge >= 0.3 is 0 Å². The molecule has 2 aromatic carbocycles. The quantitative estimate of drug-likeness (QED) is 0.455. The summed E-state index contributed by atoms with van der Waals surface area (Å²) < 4.78 is 15.0. The molecule has 1 aliphatic carbocycles. The summed E-state index contributed by atoms with van der Waals surface area (Å²) >= 11 is 1.46. The molecule has 2 N–H and O–H groups in total. The van der Waals surface area contributed by atoms with E-state index in [-0.39, 0.29) is 11.1 Å². The van der Waals surface area contributed by atoms with Gasteiger partial charge in [-0.25, -0.2) is 9.37 Å². The van der Waals surface area contributed by atoms with Crippen molar-refractivity contribution < 1.29 is 9.18 Å². The Kier molecular flexibility index (Phi) is 5.44. The molecule has 0 saturated heterocycles. The summed E-state index contributed by atoms with van der Waals surface area (Å²) in [4.78, 5) is 17.2. The fourth-order valence-electron chi connectivity index (χ4n) is 3.34. The Labute approximate surface area is 187 Å². The van der Waals surface area contributed by atoms with Crippen LogP contribution in [0.15, 0.2) is 47.8 Å². The van der Waals surface area contributed by atoms with Gasteiger partial charge in [0.15, 0.2) is 10.8 Å². The SMILES string of the molecule is O=C(Nc1ccc(-c2nn[nH]n2)cc1)c1cccc(C#Cc2nc(C3CCC3)cs2)c1F. The second-order valence-electron chi connectivity index (χ2n) is 7.39. The van der Waals surface area contributed by atoms with Gasteiger partial charge in [0.05, 0.1) is 16.8 Å². The topological polar surface area (TPSA) is 96.5 Å². The van der Waals surface area contributed by atoms with E-state index in [9.17, 15) is 9.18 Å². The standard InChI is InChI=1S/C23H17FN6OS/c24-21-15(9-12-20-26-19(13-32-20)14-3-1-4-14)5-2-6-18(21)23(31)25-17-10-7-16(8-11-17)22-27-29-30-28-22/h2,5-8,10-11,13-14H,1,3-4H2,(H,25,31)(H,27,28,29,30). The van der Waals surface area contributed by atoms with E-state index in [1.807, 2.05) is 5.38 Å². The lowest BCUT2D eigenvalue weighted by molar-refractivity contribution is 0.102. The number of H-pyrrole nitrogens is 1. The lowest BCUT2D eigenvalue weighted by atomic mass is 9.83. The minimum Gasteiger partial charge on any atom is -0.322 e. The zero-order valence-electron chi connectivity index (χ0n) is 16.8. The van der Waals surface area contributed by atoms with Crippen LogP contribution in [-0.4, -0.2) is 31.5 Å². The van der Waals surface area contributed by atoms with Crippen molar-refractivity contribution in [2.24, 2.45) is 0 Å². The van der Waals surface area contributed by atoms with E-state index in [1.54, 1.807) is 36.4 Å². The summed E-state index contributed by atoms with van der Waals surface area (Å²) in [6.07, 6.45) is 3.58. The number of tetrazole rings is 1. The first-order chi connectivity index (χ1) is 15.7. The highest BCUT2D eigenvalue weighted by atomic mass is 32.1. The molecular formula is C23H17FN6OS. The molecule has 1 saturated carbocycles. The molecule has 9 heteroatoms. The number of nitrogens with one attached hydrogen (secondary N) is 2. The van der Waals surface area contributed by atoms with Crippen LogP contribution in [0, 0.1) is 17.7 Å². The predicted molar refractivity (Wildman–Crippen MR) is 119 cm³/mol. The third kappa shape index (κ3) is 4.13. The highest BCUT2D eigenvalue weighted by molar-refractivity contribution is 7.10. The van der Waals surface area contributed by atoms with Crippen molar-refractivity contribution in [3.05, 3.63) is 75.5 Å². The maximum atomic E-state index is 15.0. The van der Waals surface area contributed by atoms with Gasteiger partial charge in [-0.15, -0.1) is 21.5 Å². The molecule has 0 spiro atoms. The summed E-state index contributed by atoms with van der Waals surface area (Å²) in [5, 5.41) is 19.1. The molecule has 0 bridgehead atoms. The van der Waals surface area contributed by atoms with Crippen LogP contribution in [0.4, 0.5) is 10.1 Å². The number of aromatic nitrogens is 5. The molecule has 0 radical (unpaired) electrons. The number of carbonyl (C=O) groups is 1. The predicted octanol–water partition coefficient (Wildman–Crippen LogP) is 4.38. The summed E-state index contributed by atoms with van der Waals surface area (Å²) in [5.41, 5.74) is 2.41. The van der Waals surface area contributed by atoms with Crippen molar-refractivity contribution >= 4 is 22.9 Å². The number of hydrogen-bond acceptors (Lipinski definition) is 6. The Morgan fingerprint density at radius 2 is 2.00 bits per heavy atom. The van der Waals surface area contributed by atoms with E-state index in [0.717, 1.165) is 11.3 Å². The number of rotatable bonds is 4. The number of hydrogen-bond donors (Lipinski definition) is 2. The molecule has 0 atom stereocenters. The summed E-state index contributed by atoms with van der Waals surface area (Å²) in [6.45, 7) is 0. The normalized spacial score (nSPS) is 13.2. The highest BCUT2D eigenvalue weighted by Gasteiger charge is 2.21. The highest BCUT2D eigenvalue weighted by Crippen LogP contribution is 2.36. The number of amides is 1. The van der Waals surface area contributed by atoms with Crippen molar-refractivity contribution in [3.63, 3.8) is 0 Å². The zero-order chi connectivity index (χ0) is 21.9. The first-order valence-corrected chi connectivity index (χ1v) is 11.0. The molecule has 0 unspecified atom stereocenters. The Hall–Kier alpha value is -3.90. The third-order valence-corrected chi connectivity index (χ3v) is 6.12. The van der Waals surface area contributed by atoms with Crippen LogP contribution in [0.25, 0.3) is 11.4 Å². The van der Waals surface area contributed by atoms with Crippen molar-refractivity contribution in [1.29, 1.82) is 0 Å². The van der Waals surface area contributed by atoms with E-state index < -0.39 is 11.7 Å². The molecule has 0 aliphatic heterocycles. The average molecular weight is 444 g/mol. The van der Waals surface area contributed by atoms with Crippen LogP contribution < -0.4 is 5.32 Å². The molecule has 5 rings (SSSR count). The molecule has 158 valence electrons. The molecule has 7 nitrogen and oxygen atoms in total. The fourth-order valence-corrected chi connectivity index (χ4v) is 4.09. The van der Waals surface area contributed by atoms with Crippen LogP contribution in [0.3, 0.4) is 0 Å². The minimum atomic E-state index is -0.656. The van der Waals surface area contributed by atoms with Crippen molar-refractivity contribution in [3.8, 4) is 23.2 Å². The van der Waals surface area contributed by atoms with E-state index in [1.165, 1.54) is 36.7 Å². The van der Waals surface area contributed by atoms with E-state index in [4.69, 9.17) is 0 Å². The molecule has 2 heterocycles. The summed E-state index contributed by atoms with van der Waals surface area (Å²) in [5.74, 6) is 5.51. The van der Waals surface area contributed by atoms with Gasteiger partial charge in [-0.1, -0.05) is 18.4 Å². The van der Waals surface area contributed by atoms with E-state index in [0.29, 0.717) is 22.4 Å². The molecule has 1 amide bonds. The number of nitrogens with zero attached hydrogens (tertiary/aromatic N) is 4. The Morgan fingerprint density at radius 3 is 2.72 bits per heavy atom. The molecule has 4 aromatic rings. The van der Waals surface area contributed by atoms with Crippen molar-refractivity contribution in [2.75, 3.05) is 5.32 Å². The van der Waals surface area contributed by atoms with Crippen LogP contribution in [0.2, 0.25) is 0 Å². The van der Waals surface area contributed by atoms with Crippen LogP contribution in [0.1, 0.15) is 51.8 Å². The summed E-state index contributed by atoms with van der Waals surface area (Å²) in [7, 11) is 0. The Bertz CT molecular complexity index is 1320. The monoisotopic (exact) mass is 444 g/mol. The number of anilines is 1. The van der Waals surface area contributed by atoms with Gasteiger partial charge < -0.3 is 5.32 Å². The first-order valence-electron chi connectivity index (χ1n) is 10.1. The number of benzene rings is 2. The van der Waals surface area contributed by atoms with Gasteiger partial charge in [0.25, 0.3) is 5.91 Å². The van der Waals surface area contributed by atoms with E-state index in [2.05, 4.69) is 42.8 Å². The maximum absolute atomic E-state index is 15.0. The second kappa shape index (κ2) is 8.69. The van der Waals surface area contributed by atoms with Gasteiger partial charge in [-0.2, -0.15) is 5.21 Å². The van der Waals surface area contributed by atoms with Gasteiger partial charge in [0, 0.05) is 22.5 Å². The number of halogens is 1. The van der Waals surface area contributed by atoms with Crippen molar-refractivity contribution in [1.82, 2.24) is 25.6 Å². The fraction of sp³-hybridized carbons (Fsp3) is 0.174.